The van der Waals surface area contributed by atoms with E-state index >= 15 is 0 Å². The van der Waals surface area contributed by atoms with Gasteiger partial charge in [-0.3, -0.25) is 24.3 Å². The van der Waals surface area contributed by atoms with Gasteiger partial charge >= 0.3 is 0 Å². The van der Waals surface area contributed by atoms with Crippen molar-refractivity contribution in [3.8, 4) is 0 Å². The molecule has 0 bridgehead atoms. The van der Waals surface area contributed by atoms with Crippen LogP contribution in [-0.4, -0.2) is 76.6 Å². The largest absolute Gasteiger partial charge is 0.378 e. The van der Waals surface area contributed by atoms with E-state index in [-0.39, 0.29) is 23.6 Å². The van der Waals surface area contributed by atoms with Gasteiger partial charge < -0.3 is 19.9 Å². The van der Waals surface area contributed by atoms with Crippen molar-refractivity contribution in [3.63, 3.8) is 0 Å². The Morgan fingerprint density at radius 3 is 2.40 bits per heavy atom. The molecule has 3 fully saturated rings. The van der Waals surface area contributed by atoms with Gasteiger partial charge in [-0.15, -0.1) is 0 Å². The van der Waals surface area contributed by atoms with Crippen LogP contribution in [0.4, 0.5) is 17.1 Å². The molecule has 0 radical (unpaired) electrons. The molecule has 3 aromatic carbocycles. The average Bonchev–Trinajstić information content (AvgIpc) is 3.78. The van der Waals surface area contributed by atoms with E-state index in [2.05, 4.69) is 27.3 Å². The maximum atomic E-state index is 13.9. The first kappa shape index (κ1) is 33.5. The number of hydrogen-bond donors (Lipinski definition) is 1. The molecule has 0 aliphatic carbocycles. The number of amidine groups is 1. The zero-order valence-corrected chi connectivity index (χ0v) is 28.8. The van der Waals surface area contributed by atoms with E-state index in [4.69, 9.17) is 9.73 Å². The molecule has 0 spiro atoms. The van der Waals surface area contributed by atoms with Crippen LogP contribution in [0, 0.1) is 0 Å². The normalized spacial score (nSPS) is 20.7. The highest BCUT2D eigenvalue weighted by molar-refractivity contribution is 8.15. The number of amides is 3. The van der Waals surface area contributed by atoms with Crippen molar-refractivity contribution in [2.75, 3.05) is 43.1 Å². The number of benzene rings is 3. The second kappa shape index (κ2) is 15.3. The SMILES string of the molecule is C[C@@H](C(=O)N1CCC[C@H]1C(=O)Nc1ccc(C2SC(=Nc3ccc(N4CCOCC4)cc3)N(Cc3ccccn3)C2=O)cc1)c1ccccc1. The van der Waals surface area contributed by atoms with Gasteiger partial charge in [0.05, 0.1) is 37.1 Å². The summed E-state index contributed by atoms with van der Waals surface area (Å²) in [6, 6.07) is 30.3. The molecule has 3 aliphatic rings. The third-order valence-corrected chi connectivity index (χ3v) is 10.7. The highest BCUT2D eigenvalue weighted by Gasteiger charge is 2.40. The number of likely N-dealkylation sites (tertiary alicyclic amines) is 1. The van der Waals surface area contributed by atoms with Gasteiger partial charge in [0.1, 0.15) is 11.3 Å². The Kier molecular flexibility index (Phi) is 10.2. The van der Waals surface area contributed by atoms with E-state index in [0.29, 0.717) is 43.6 Å². The molecule has 10 nitrogen and oxygen atoms in total. The fourth-order valence-corrected chi connectivity index (χ4v) is 7.80. The van der Waals surface area contributed by atoms with Crippen LogP contribution in [0.1, 0.15) is 47.8 Å². The number of morpholine rings is 1. The summed E-state index contributed by atoms with van der Waals surface area (Å²) in [6.45, 7) is 5.90. The fraction of sp³-hybridized carbons (Fsp3) is 0.308. The smallest absolute Gasteiger partial charge is 0.247 e. The van der Waals surface area contributed by atoms with Crippen molar-refractivity contribution in [1.29, 1.82) is 0 Å². The van der Waals surface area contributed by atoms with Crippen LogP contribution >= 0.6 is 11.8 Å². The number of thioether (sulfide) groups is 1. The van der Waals surface area contributed by atoms with Crippen molar-refractivity contribution in [2.24, 2.45) is 4.99 Å². The minimum absolute atomic E-state index is 0.0401. The second-order valence-electron chi connectivity index (χ2n) is 12.7. The number of hydrogen-bond acceptors (Lipinski definition) is 8. The molecule has 0 saturated carbocycles. The van der Waals surface area contributed by atoms with Gasteiger partial charge in [-0.1, -0.05) is 60.3 Å². The molecule has 3 atom stereocenters. The number of pyridine rings is 1. The fourth-order valence-electron chi connectivity index (χ4n) is 6.62. The zero-order valence-electron chi connectivity index (χ0n) is 28.0. The lowest BCUT2D eigenvalue weighted by Crippen LogP contribution is -2.44. The molecule has 3 saturated heterocycles. The van der Waals surface area contributed by atoms with Gasteiger partial charge in [-0.25, -0.2) is 4.99 Å². The molecule has 7 rings (SSSR count). The molecule has 3 aliphatic heterocycles. The number of anilines is 2. The third-order valence-electron chi connectivity index (χ3n) is 9.43. The summed E-state index contributed by atoms with van der Waals surface area (Å²) >= 11 is 1.41. The molecular weight excluding hydrogens is 649 g/mol. The van der Waals surface area contributed by atoms with E-state index in [1.54, 1.807) is 16.0 Å². The maximum Gasteiger partial charge on any atom is 0.247 e. The molecule has 50 heavy (non-hydrogen) atoms. The van der Waals surface area contributed by atoms with E-state index in [1.165, 1.54) is 11.8 Å². The predicted molar refractivity (Wildman–Crippen MR) is 196 cm³/mol. The highest BCUT2D eigenvalue weighted by Crippen LogP contribution is 2.41. The summed E-state index contributed by atoms with van der Waals surface area (Å²) in [4.78, 5) is 55.8. The molecule has 3 amide bonds. The molecule has 1 unspecified atom stereocenters. The number of carbonyl (C=O) groups is 3. The molecular formula is C39H40N6O4S. The van der Waals surface area contributed by atoms with E-state index in [0.717, 1.165) is 47.7 Å². The Balaban J connectivity index is 1.05. The lowest BCUT2D eigenvalue weighted by molar-refractivity contribution is -0.137. The first-order chi connectivity index (χ1) is 24.4. The highest BCUT2D eigenvalue weighted by atomic mass is 32.2. The number of ether oxygens (including phenoxy) is 1. The third kappa shape index (κ3) is 7.44. The number of carbonyl (C=O) groups excluding carboxylic acids is 3. The number of aromatic nitrogens is 1. The first-order valence-corrected chi connectivity index (χ1v) is 18.0. The Hall–Kier alpha value is -5.00. The standard InChI is InChI=1S/C39H40N6O4S/c1-27(28-8-3-2-4-9-28)37(47)44-21-7-11-34(44)36(46)41-30-14-12-29(13-15-30)35-38(48)45(26-32-10-5-6-20-40-32)39(50-35)42-31-16-18-33(19-17-31)43-22-24-49-25-23-43/h2-6,8-10,12-20,27,34-35H,7,11,21-26H2,1H3,(H,41,46)/t27-,34+,35?/m1/s1. The van der Waals surface area contributed by atoms with Crippen molar-refractivity contribution in [3.05, 3.63) is 120 Å². The zero-order chi connectivity index (χ0) is 34.5. The Morgan fingerprint density at radius 2 is 1.68 bits per heavy atom. The van der Waals surface area contributed by atoms with Gasteiger partial charge in [0.25, 0.3) is 0 Å². The predicted octanol–water partition coefficient (Wildman–Crippen LogP) is 6.16. The molecule has 256 valence electrons. The number of rotatable bonds is 9. The molecule has 11 heteroatoms. The lowest BCUT2D eigenvalue weighted by atomic mass is 9.99. The van der Waals surface area contributed by atoms with Crippen molar-refractivity contribution in [1.82, 2.24) is 14.8 Å². The molecule has 1 aromatic heterocycles. The van der Waals surface area contributed by atoms with Crippen molar-refractivity contribution >= 4 is 51.7 Å². The second-order valence-corrected chi connectivity index (χ2v) is 13.8. The van der Waals surface area contributed by atoms with Gasteiger partial charge in [-0.05, 0) is 79.4 Å². The van der Waals surface area contributed by atoms with Gasteiger partial charge in [-0.2, -0.15) is 0 Å². The Bertz CT molecular complexity index is 1830. The van der Waals surface area contributed by atoms with Crippen LogP contribution in [0.3, 0.4) is 0 Å². The van der Waals surface area contributed by atoms with E-state index in [1.807, 2.05) is 91.9 Å². The maximum absolute atomic E-state index is 13.9. The Morgan fingerprint density at radius 1 is 0.940 bits per heavy atom. The number of aliphatic imine (C=N–C) groups is 1. The lowest BCUT2D eigenvalue weighted by Gasteiger charge is -2.28. The van der Waals surface area contributed by atoms with Crippen LogP contribution < -0.4 is 10.2 Å². The van der Waals surface area contributed by atoms with Crippen molar-refractivity contribution < 1.29 is 19.1 Å². The van der Waals surface area contributed by atoms with Gasteiger partial charge in [0.2, 0.25) is 17.7 Å². The van der Waals surface area contributed by atoms with E-state index in [9.17, 15) is 14.4 Å². The summed E-state index contributed by atoms with van der Waals surface area (Å²) in [7, 11) is 0. The van der Waals surface area contributed by atoms with Crippen LogP contribution in [-0.2, 0) is 25.7 Å². The van der Waals surface area contributed by atoms with Crippen LogP contribution in [0.5, 0.6) is 0 Å². The minimum Gasteiger partial charge on any atom is -0.378 e. The minimum atomic E-state index is -0.526. The van der Waals surface area contributed by atoms with Crippen LogP contribution in [0.25, 0.3) is 0 Å². The van der Waals surface area contributed by atoms with Crippen LogP contribution in [0.2, 0.25) is 0 Å². The monoisotopic (exact) mass is 688 g/mol. The topological polar surface area (TPSA) is 107 Å². The molecule has 1 N–H and O–H groups in total. The molecule has 4 aromatic rings. The number of nitrogens with zero attached hydrogens (tertiary/aromatic N) is 5. The average molecular weight is 689 g/mol. The Labute approximate surface area is 296 Å². The van der Waals surface area contributed by atoms with Gasteiger partial charge in [0, 0.05) is 37.2 Å². The summed E-state index contributed by atoms with van der Waals surface area (Å²) < 4.78 is 5.49. The summed E-state index contributed by atoms with van der Waals surface area (Å²) in [5, 5.41) is 3.12. The number of nitrogens with one attached hydrogen (secondary N) is 1. The summed E-state index contributed by atoms with van der Waals surface area (Å²) in [5.41, 5.74) is 5.02. The summed E-state index contributed by atoms with van der Waals surface area (Å²) in [6.07, 6.45) is 3.12. The van der Waals surface area contributed by atoms with Crippen LogP contribution in [0.15, 0.2) is 108 Å². The van der Waals surface area contributed by atoms with E-state index < -0.39 is 11.3 Å². The quantitative estimate of drug-likeness (QED) is 0.225. The molecule has 4 heterocycles. The first-order valence-electron chi connectivity index (χ1n) is 17.1. The van der Waals surface area contributed by atoms with Gasteiger partial charge in [0.15, 0.2) is 5.17 Å². The summed E-state index contributed by atoms with van der Waals surface area (Å²) in [5.74, 6) is -0.647. The van der Waals surface area contributed by atoms with Crippen molar-refractivity contribution in [2.45, 2.75) is 43.5 Å².